The lowest BCUT2D eigenvalue weighted by molar-refractivity contribution is -0.156. The zero-order valence-corrected chi connectivity index (χ0v) is 20.7. The summed E-state index contributed by atoms with van der Waals surface area (Å²) in [7, 11) is 0. The number of ether oxygens (including phenoxy) is 1. The maximum Gasteiger partial charge on any atom is 0.326 e. The molecule has 8 nitrogen and oxygen atoms in total. The molecule has 1 aromatic rings. The van der Waals surface area contributed by atoms with E-state index in [1.165, 1.54) is 12.8 Å². The van der Waals surface area contributed by atoms with Crippen LogP contribution in [0.5, 0.6) is 0 Å². The number of urea groups is 1. The molecule has 1 N–H and O–H groups in total. The van der Waals surface area contributed by atoms with Gasteiger partial charge in [0.15, 0.2) is 6.61 Å². The van der Waals surface area contributed by atoms with E-state index in [2.05, 4.69) is 5.32 Å². The molecule has 1 heterocycles. The van der Waals surface area contributed by atoms with Crippen LogP contribution >= 0.6 is 0 Å². The number of rotatable bonds is 8. The largest absolute Gasteiger partial charge is 0.454 e. The van der Waals surface area contributed by atoms with Gasteiger partial charge in [-0.3, -0.25) is 19.3 Å². The van der Waals surface area contributed by atoms with Gasteiger partial charge in [-0.15, -0.1) is 0 Å². The summed E-state index contributed by atoms with van der Waals surface area (Å²) in [6, 6.07) is 8.80. The molecule has 1 aliphatic heterocycles. The Balaban J connectivity index is 1.38. The van der Waals surface area contributed by atoms with Gasteiger partial charge in [-0.25, -0.2) is 4.79 Å². The average Bonchev–Trinajstić information content (AvgIpc) is 3.14. The van der Waals surface area contributed by atoms with E-state index in [4.69, 9.17) is 4.74 Å². The molecule has 0 bridgehead atoms. The number of carbonyl (C=O) groups excluding carboxylic acids is 4. The van der Waals surface area contributed by atoms with Crippen LogP contribution in [0.15, 0.2) is 30.3 Å². The molecule has 2 saturated carbocycles. The van der Waals surface area contributed by atoms with Gasteiger partial charge in [0.05, 0.1) is 0 Å². The topological polar surface area (TPSA) is 96.0 Å². The Hall–Kier alpha value is -2.90. The second-order valence-corrected chi connectivity index (χ2v) is 9.99. The first-order valence-corrected chi connectivity index (χ1v) is 13.1. The van der Waals surface area contributed by atoms with E-state index in [0.29, 0.717) is 12.0 Å². The highest BCUT2D eigenvalue weighted by Crippen LogP contribution is 2.33. The van der Waals surface area contributed by atoms with Crippen molar-refractivity contribution in [1.29, 1.82) is 0 Å². The van der Waals surface area contributed by atoms with E-state index in [9.17, 15) is 19.2 Å². The first kappa shape index (κ1) is 25.2. The molecule has 1 atom stereocenters. The van der Waals surface area contributed by atoms with Crippen molar-refractivity contribution >= 4 is 23.8 Å². The van der Waals surface area contributed by atoms with Crippen LogP contribution in [0.25, 0.3) is 0 Å². The molecule has 4 rings (SSSR count). The Labute approximate surface area is 207 Å². The van der Waals surface area contributed by atoms with Gasteiger partial charge < -0.3 is 15.0 Å². The Morgan fingerprint density at radius 2 is 1.54 bits per heavy atom. The molecular formula is C27H37N3O5. The second-order valence-electron chi connectivity index (χ2n) is 9.99. The van der Waals surface area contributed by atoms with E-state index in [1.807, 2.05) is 17.9 Å². The van der Waals surface area contributed by atoms with E-state index >= 15 is 0 Å². The highest BCUT2D eigenvalue weighted by Gasteiger charge is 2.51. The van der Waals surface area contributed by atoms with Gasteiger partial charge in [-0.1, -0.05) is 75.8 Å². The highest BCUT2D eigenvalue weighted by atomic mass is 16.5. The summed E-state index contributed by atoms with van der Waals surface area (Å²) in [6.45, 7) is 0.948. The van der Waals surface area contributed by atoms with Crippen molar-refractivity contribution in [3.8, 4) is 0 Å². The number of benzene rings is 1. The Kier molecular flexibility index (Phi) is 8.08. The third kappa shape index (κ3) is 5.36. The molecular weight excluding hydrogens is 446 g/mol. The minimum absolute atomic E-state index is 0.165. The maximum absolute atomic E-state index is 13.2. The molecule has 3 aliphatic rings. The predicted molar refractivity (Wildman–Crippen MR) is 130 cm³/mol. The number of hydrogen-bond donors (Lipinski definition) is 1. The van der Waals surface area contributed by atoms with Gasteiger partial charge >= 0.3 is 12.0 Å². The van der Waals surface area contributed by atoms with Crippen LogP contribution in [0.1, 0.15) is 83.1 Å². The van der Waals surface area contributed by atoms with E-state index < -0.39 is 30.0 Å². The molecule has 1 aromatic carbocycles. The van der Waals surface area contributed by atoms with Crippen LogP contribution in [0, 0.1) is 0 Å². The molecule has 4 amide bonds. The highest BCUT2D eigenvalue weighted by molar-refractivity contribution is 6.09. The van der Waals surface area contributed by atoms with Crippen LogP contribution in [-0.4, -0.2) is 58.8 Å². The number of imide groups is 1. The number of carbonyl (C=O) groups is 4. The fraction of sp³-hybridized carbons (Fsp3) is 0.630. The van der Waals surface area contributed by atoms with Crippen LogP contribution in [0.2, 0.25) is 0 Å². The Morgan fingerprint density at radius 1 is 0.971 bits per heavy atom. The lowest BCUT2D eigenvalue weighted by Gasteiger charge is -2.41. The van der Waals surface area contributed by atoms with Gasteiger partial charge in [0.25, 0.3) is 11.8 Å². The van der Waals surface area contributed by atoms with Crippen LogP contribution in [-0.2, 0) is 24.7 Å². The SMILES string of the molecule is CC[C@@]1(c2ccccc2)NC(=O)N(CC(=O)OCC(=O)N(C2CCCCC2)C2CCCCC2)C1=O. The van der Waals surface area contributed by atoms with Crippen molar-refractivity contribution in [2.45, 2.75) is 95.2 Å². The summed E-state index contributed by atoms with van der Waals surface area (Å²) in [4.78, 5) is 54.6. The molecule has 190 valence electrons. The number of esters is 1. The molecule has 0 spiro atoms. The van der Waals surface area contributed by atoms with E-state index in [0.717, 1.165) is 56.3 Å². The number of nitrogens with one attached hydrogen (secondary N) is 1. The van der Waals surface area contributed by atoms with Crippen molar-refractivity contribution in [1.82, 2.24) is 15.1 Å². The predicted octanol–water partition coefficient (Wildman–Crippen LogP) is 3.88. The average molecular weight is 484 g/mol. The third-order valence-corrected chi connectivity index (χ3v) is 7.84. The summed E-state index contributed by atoms with van der Waals surface area (Å²) in [6.07, 6.45) is 11.2. The summed E-state index contributed by atoms with van der Waals surface area (Å²) in [5, 5.41) is 2.76. The number of amides is 4. The first-order valence-electron chi connectivity index (χ1n) is 13.1. The van der Waals surface area contributed by atoms with Gasteiger partial charge in [0, 0.05) is 12.1 Å². The lowest BCUT2D eigenvalue weighted by Crippen LogP contribution is -2.50. The quantitative estimate of drug-likeness (QED) is 0.447. The third-order valence-electron chi connectivity index (χ3n) is 7.84. The summed E-state index contributed by atoms with van der Waals surface area (Å²) >= 11 is 0. The monoisotopic (exact) mass is 483 g/mol. The minimum Gasteiger partial charge on any atom is -0.454 e. The second kappa shape index (κ2) is 11.2. The zero-order valence-electron chi connectivity index (χ0n) is 20.7. The molecule has 0 unspecified atom stereocenters. The fourth-order valence-electron chi connectivity index (χ4n) is 5.95. The molecule has 3 fully saturated rings. The van der Waals surface area contributed by atoms with Crippen LogP contribution in [0.4, 0.5) is 4.79 Å². The van der Waals surface area contributed by atoms with Crippen molar-refractivity contribution in [2.75, 3.05) is 13.2 Å². The van der Waals surface area contributed by atoms with Crippen molar-refractivity contribution in [3.05, 3.63) is 35.9 Å². The minimum atomic E-state index is -1.20. The number of hydrogen-bond acceptors (Lipinski definition) is 5. The van der Waals surface area contributed by atoms with Crippen LogP contribution in [0.3, 0.4) is 0 Å². The van der Waals surface area contributed by atoms with Crippen molar-refractivity contribution in [2.24, 2.45) is 0 Å². The maximum atomic E-state index is 13.2. The van der Waals surface area contributed by atoms with Gasteiger partial charge in [-0.05, 0) is 37.7 Å². The Bertz CT molecular complexity index is 906. The van der Waals surface area contributed by atoms with Gasteiger partial charge in [0.1, 0.15) is 12.1 Å². The van der Waals surface area contributed by atoms with Crippen LogP contribution < -0.4 is 5.32 Å². The molecule has 0 radical (unpaired) electrons. The lowest BCUT2D eigenvalue weighted by atomic mass is 9.87. The Morgan fingerprint density at radius 3 is 2.09 bits per heavy atom. The summed E-state index contributed by atoms with van der Waals surface area (Å²) in [5.74, 6) is -1.40. The molecule has 0 aromatic heterocycles. The summed E-state index contributed by atoms with van der Waals surface area (Å²) < 4.78 is 5.33. The summed E-state index contributed by atoms with van der Waals surface area (Å²) in [5.41, 5.74) is -0.532. The van der Waals surface area contributed by atoms with Crippen molar-refractivity contribution < 1.29 is 23.9 Å². The van der Waals surface area contributed by atoms with Gasteiger partial charge in [-0.2, -0.15) is 0 Å². The van der Waals surface area contributed by atoms with E-state index in [-0.39, 0.29) is 24.6 Å². The van der Waals surface area contributed by atoms with E-state index in [1.54, 1.807) is 24.3 Å². The molecule has 1 saturated heterocycles. The van der Waals surface area contributed by atoms with Crippen molar-refractivity contribution in [3.63, 3.8) is 0 Å². The normalized spacial score (nSPS) is 23.7. The fourth-order valence-corrected chi connectivity index (χ4v) is 5.95. The first-order chi connectivity index (χ1) is 17.0. The zero-order chi connectivity index (χ0) is 24.8. The molecule has 35 heavy (non-hydrogen) atoms. The standard InChI is InChI=1S/C27H37N3O5/c1-2-27(20-12-6-3-7-13-20)25(33)29(26(34)28-27)18-24(32)35-19-23(31)30(21-14-8-4-9-15-21)22-16-10-5-11-17-22/h3,6-7,12-13,21-22H,2,4-5,8-11,14-19H2,1H3,(H,28,34)/t27-/m0/s1. The molecule has 8 heteroatoms. The van der Waals surface area contributed by atoms with Gasteiger partial charge in [0.2, 0.25) is 0 Å². The molecule has 2 aliphatic carbocycles. The smallest absolute Gasteiger partial charge is 0.326 e. The number of nitrogens with zero attached hydrogens (tertiary/aromatic N) is 2.